The molecule has 1 aromatic rings. The van der Waals surface area contributed by atoms with E-state index in [4.69, 9.17) is 21.9 Å². The number of aliphatic hydroxyl groups is 2. The van der Waals surface area contributed by atoms with Gasteiger partial charge in [-0.1, -0.05) is 22.8 Å². The van der Waals surface area contributed by atoms with Gasteiger partial charge < -0.3 is 14.9 Å². The van der Waals surface area contributed by atoms with Gasteiger partial charge in [-0.15, -0.1) is 0 Å². The Morgan fingerprint density at radius 3 is 2.91 bits per heavy atom. The second-order valence-corrected chi connectivity index (χ2v) is 4.81. The largest absolute Gasteiger partial charge is 0.393 e. The molecule has 1 aromatic heterocycles. The van der Waals surface area contributed by atoms with Crippen LogP contribution in [0.4, 0.5) is 0 Å². The van der Waals surface area contributed by atoms with Crippen LogP contribution in [-0.2, 0) is 4.74 Å². The van der Waals surface area contributed by atoms with Crippen molar-refractivity contribution in [3.8, 4) is 0 Å². The first kappa shape index (κ1) is 16.3. The van der Waals surface area contributed by atoms with Crippen molar-refractivity contribution in [3.63, 3.8) is 0 Å². The van der Waals surface area contributed by atoms with Crippen LogP contribution >= 0.6 is 11.6 Å². The zero-order valence-electron chi connectivity index (χ0n) is 11.0. The average molecular weight is 330 g/mol. The number of nitrogens with zero attached hydrogens (tertiary/aromatic N) is 4. The third-order valence-corrected chi connectivity index (χ3v) is 3.49. The van der Waals surface area contributed by atoms with Gasteiger partial charge in [0, 0.05) is 22.7 Å². The maximum Gasteiger partial charge on any atom is 0.330 e. The van der Waals surface area contributed by atoms with Gasteiger partial charge >= 0.3 is 5.69 Å². The Bertz CT molecular complexity index is 739. The number of aliphatic hydroxyl groups excluding tert-OH is 2. The minimum absolute atomic E-state index is 0.604. The Morgan fingerprint density at radius 1 is 1.64 bits per heavy atom. The summed E-state index contributed by atoms with van der Waals surface area (Å²) in [5, 5.41) is 23.0. The van der Waals surface area contributed by atoms with Crippen molar-refractivity contribution in [2.45, 2.75) is 18.1 Å². The van der Waals surface area contributed by atoms with Crippen LogP contribution in [0.25, 0.3) is 10.4 Å². The van der Waals surface area contributed by atoms with Gasteiger partial charge in [-0.2, -0.15) is 0 Å². The van der Waals surface area contributed by atoms with Gasteiger partial charge in [0.15, 0.2) is 5.72 Å². The molecule has 1 aliphatic rings. The van der Waals surface area contributed by atoms with Crippen molar-refractivity contribution in [2.24, 2.45) is 11.0 Å². The van der Waals surface area contributed by atoms with Crippen molar-refractivity contribution >= 4 is 11.6 Å². The van der Waals surface area contributed by atoms with Crippen molar-refractivity contribution in [1.29, 1.82) is 0 Å². The van der Waals surface area contributed by atoms with Gasteiger partial charge in [-0.3, -0.25) is 14.3 Å². The van der Waals surface area contributed by atoms with Gasteiger partial charge in [0.05, 0.1) is 12.5 Å². The fraction of sp³-hybridized carbons (Fsp3) is 0.455. The van der Waals surface area contributed by atoms with Crippen molar-refractivity contribution in [2.75, 3.05) is 6.61 Å². The molecule has 0 aromatic carbocycles. The number of halogens is 1. The number of hydrogen-bond acceptors (Lipinski definition) is 6. The monoisotopic (exact) mass is 329 g/mol. The lowest BCUT2D eigenvalue weighted by atomic mass is 9.96. The third kappa shape index (κ3) is 2.65. The highest BCUT2D eigenvalue weighted by molar-refractivity contribution is 6.25. The lowest BCUT2D eigenvalue weighted by Crippen LogP contribution is -2.42. The van der Waals surface area contributed by atoms with E-state index in [-0.39, 0.29) is 0 Å². The molecule has 0 aliphatic carbocycles. The van der Waals surface area contributed by atoms with E-state index in [9.17, 15) is 19.8 Å². The van der Waals surface area contributed by atoms with Crippen molar-refractivity contribution in [1.82, 2.24) is 9.55 Å². The number of aromatic nitrogens is 2. The van der Waals surface area contributed by atoms with E-state index in [0.29, 0.717) is 0 Å². The number of nitrogens with one attached hydrogen (secondary N) is 1. The Balaban J connectivity index is 2.56. The van der Waals surface area contributed by atoms with Gasteiger partial charge in [0.1, 0.15) is 12.3 Å². The van der Waals surface area contributed by atoms with Crippen LogP contribution in [-0.4, -0.2) is 38.2 Å². The highest BCUT2D eigenvalue weighted by Gasteiger charge is 2.54. The highest BCUT2D eigenvalue weighted by Crippen LogP contribution is 2.42. The molecule has 0 saturated carbocycles. The van der Waals surface area contributed by atoms with Gasteiger partial charge in [0.25, 0.3) is 5.56 Å². The fourth-order valence-electron chi connectivity index (χ4n) is 2.29. The van der Waals surface area contributed by atoms with E-state index in [1.165, 1.54) is 6.08 Å². The Hall–Kier alpha value is -2.10. The number of rotatable bonds is 4. The molecule has 0 bridgehead atoms. The predicted octanol–water partition coefficient (Wildman–Crippen LogP) is -0.206. The zero-order chi connectivity index (χ0) is 16.3. The third-order valence-electron chi connectivity index (χ3n) is 3.34. The smallest absolute Gasteiger partial charge is 0.330 e. The topological polar surface area (TPSA) is 153 Å². The fourth-order valence-corrected chi connectivity index (χ4v) is 2.46. The summed E-state index contributed by atoms with van der Waals surface area (Å²) < 4.78 is 6.43. The van der Waals surface area contributed by atoms with E-state index in [1.807, 2.05) is 4.98 Å². The van der Waals surface area contributed by atoms with E-state index in [0.717, 1.165) is 22.4 Å². The highest BCUT2D eigenvalue weighted by atomic mass is 35.5. The molecule has 0 unspecified atom stereocenters. The minimum Gasteiger partial charge on any atom is -0.393 e. The molecule has 2 heterocycles. The lowest BCUT2D eigenvalue weighted by Gasteiger charge is -2.24. The Labute approximate surface area is 127 Å². The summed E-state index contributed by atoms with van der Waals surface area (Å²) in [5.74, 6) is -0.890. The lowest BCUT2D eigenvalue weighted by molar-refractivity contribution is -0.124. The van der Waals surface area contributed by atoms with Gasteiger partial charge in [-0.25, -0.2) is 4.79 Å². The van der Waals surface area contributed by atoms with Gasteiger partial charge in [0.2, 0.25) is 0 Å². The number of azide groups is 1. The molecule has 4 atom stereocenters. The molecule has 1 fully saturated rings. The van der Waals surface area contributed by atoms with Crippen LogP contribution in [0.2, 0.25) is 0 Å². The maximum atomic E-state index is 11.9. The van der Waals surface area contributed by atoms with Crippen LogP contribution in [0.5, 0.6) is 0 Å². The second-order valence-electron chi connectivity index (χ2n) is 4.56. The van der Waals surface area contributed by atoms with E-state index in [2.05, 4.69) is 10.0 Å². The number of H-pyrrole nitrogens is 1. The predicted molar refractivity (Wildman–Crippen MR) is 74.9 cm³/mol. The molecule has 0 spiro atoms. The maximum absolute atomic E-state index is 11.9. The number of ether oxygens (including phenoxy) is 1. The average Bonchev–Trinajstić information content (AvgIpc) is 2.74. The van der Waals surface area contributed by atoms with Crippen LogP contribution in [0.3, 0.4) is 0 Å². The summed E-state index contributed by atoms with van der Waals surface area (Å²) in [5.41, 5.74) is 6.35. The Morgan fingerprint density at radius 2 is 2.36 bits per heavy atom. The van der Waals surface area contributed by atoms with Crippen LogP contribution in [0.1, 0.15) is 6.23 Å². The summed E-state index contributed by atoms with van der Waals surface area (Å²) in [4.78, 5) is 27.6. The molecular formula is C11H12ClN5O5. The standard InChI is InChI=1S/C11H12ClN5O5/c12-3-1-6-8(20)11(5-18,15-16-13)22-9(6)17-4-2-7(19)14-10(17)21/h1-4,6,8-9,18,20H,5H2,(H,14,19,21)/b3-1+/t6-,8-,9+,11+/m0/s1. The van der Waals surface area contributed by atoms with Crippen LogP contribution in [0.15, 0.2) is 38.6 Å². The van der Waals surface area contributed by atoms with Crippen LogP contribution in [0, 0.1) is 5.92 Å². The summed E-state index contributed by atoms with van der Waals surface area (Å²) in [6, 6.07) is 1.09. The van der Waals surface area contributed by atoms with E-state index >= 15 is 0 Å². The van der Waals surface area contributed by atoms with Crippen molar-refractivity contribution < 1.29 is 14.9 Å². The quantitative estimate of drug-likeness (QED) is 0.396. The molecule has 2 rings (SSSR count). The molecule has 118 valence electrons. The molecule has 1 aliphatic heterocycles. The summed E-state index contributed by atoms with van der Waals surface area (Å²) >= 11 is 5.52. The summed E-state index contributed by atoms with van der Waals surface area (Å²) in [6.45, 7) is -0.806. The molecule has 0 amide bonds. The molecule has 3 N–H and O–H groups in total. The summed E-state index contributed by atoms with van der Waals surface area (Å²) in [7, 11) is 0. The number of hydrogen-bond donors (Lipinski definition) is 3. The van der Waals surface area contributed by atoms with Crippen molar-refractivity contribution in [3.05, 3.63) is 55.2 Å². The van der Waals surface area contributed by atoms with E-state index in [1.54, 1.807) is 0 Å². The first-order valence-corrected chi connectivity index (χ1v) is 6.54. The zero-order valence-corrected chi connectivity index (χ0v) is 11.8. The SMILES string of the molecule is [N-]=[N+]=N[C@]1(CO)O[C@@H](n2ccc(=O)[nH]c2=O)[C@@H](/C=C/Cl)[C@@H]1O. The van der Waals surface area contributed by atoms with Gasteiger partial charge in [-0.05, 0) is 5.53 Å². The first-order valence-electron chi connectivity index (χ1n) is 6.10. The molecular weight excluding hydrogens is 318 g/mol. The second kappa shape index (κ2) is 6.34. The molecule has 11 heteroatoms. The molecule has 0 radical (unpaired) electrons. The first-order chi connectivity index (χ1) is 10.5. The molecule has 10 nitrogen and oxygen atoms in total. The Kier molecular flexibility index (Phi) is 4.69. The van der Waals surface area contributed by atoms with E-state index < -0.39 is 41.8 Å². The molecule has 22 heavy (non-hydrogen) atoms. The van der Waals surface area contributed by atoms with Crippen LogP contribution < -0.4 is 11.2 Å². The number of aromatic amines is 1. The summed E-state index contributed by atoms with van der Waals surface area (Å²) in [6.07, 6.45) is -0.0881. The molecule has 1 saturated heterocycles. The normalized spacial score (nSPS) is 31.3. The minimum atomic E-state index is -1.96.